The summed E-state index contributed by atoms with van der Waals surface area (Å²) in [5.74, 6) is 1.41. The minimum atomic E-state index is 0.152. The number of thioether (sulfide) groups is 1. The van der Waals surface area contributed by atoms with Crippen LogP contribution in [0, 0.1) is 13.8 Å². The molecule has 6 nitrogen and oxygen atoms in total. The molecule has 3 aromatic heterocycles. The van der Waals surface area contributed by atoms with Crippen LogP contribution in [0.2, 0.25) is 0 Å². The lowest BCUT2D eigenvalue weighted by atomic mass is 10.1. The molecule has 0 saturated heterocycles. The minimum Gasteiger partial charge on any atom is -0.360 e. The van der Waals surface area contributed by atoms with Gasteiger partial charge in [-0.05, 0) is 45.2 Å². The zero-order valence-electron chi connectivity index (χ0n) is 18.2. The van der Waals surface area contributed by atoms with Crippen molar-refractivity contribution in [2.45, 2.75) is 57.8 Å². The Bertz CT molecular complexity index is 1260. The first-order valence-electron chi connectivity index (χ1n) is 10.9. The van der Waals surface area contributed by atoms with Crippen molar-refractivity contribution >= 4 is 28.4 Å². The van der Waals surface area contributed by atoms with E-state index in [0.717, 1.165) is 70.2 Å². The quantitative estimate of drug-likeness (QED) is 0.292. The van der Waals surface area contributed by atoms with E-state index in [9.17, 15) is 4.79 Å². The third-order valence-electron chi connectivity index (χ3n) is 6.06. The molecule has 5 rings (SSSR count). The highest BCUT2D eigenvalue weighted by Crippen LogP contribution is 2.42. The molecule has 1 fully saturated rings. The lowest BCUT2D eigenvalue weighted by Crippen LogP contribution is -2.07. The van der Waals surface area contributed by atoms with E-state index in [-0.39, 0.29) is 5.78 Å². The van der Waals surface area contributed by atoms with Crippen molar-refractivity contribution in [1.82, 2.24) is 24.3 Å². The average Bonchev–Trinajstić information content (AvgIpc) is 3.28. The van der Waals surface area contributed by atoms with Gasteiger partial charge in [0.05, 0.1) is 5.75 Å². The van der Waals surface area contributed by atoms with Crippen molar-refractivity contribution in [3.63, 3.8) is 0 Å². The van der Waals surface area contributed by atoms with Gasteiger partial charge < -0.3 is 9.55 Å². The molecule has 0 amide bonds. The fourth-order valence-corrected chi connectivity index (χ4v) is 5.23. The molecule has 0 bridgehead atoms. The predicted octanol–water partition coefficient (Wildman–Crippen LogP) is 5.56. The SMILES string of the molecule is CCCn1c(C)cc(C(=O)CSc2nnc(-c3c[nH]c4ccccc34)n2C2CC2)c1C. The number of carbonyl (C=O) groups is 1. The zero-order chi connectivity index (χ0) is 21.5. The second kappa shape index (κ2) is 8.04. The number of rotatable bonds is 8. The molecule has 0 spiro atoms. The van der Waals surface area contributed by atoms with Crippen LogP contribution in [0.4, 0.5) is 0 Å². The molecule has 3 heterocycles. The Morgan fingerprint density at radius 2 is 2.03 bits per heavy atom. The smallest absolute Gasteiger partial charge is 0.192 e. The van der Waals surface area contributed by atoms with Crippen molar-refractivity contribution in [3.8, 4) is 11.4 Å². The predicted molar refractivity (Wildman–Crippen MR) is 125 cm³/mol. The number of para-hydroxylation sites is 1. The summed E-state index contributed by atoms with van der Waals surface area (Å²) in [6, 6.07) is 10.7. The van der Waals surface area contributed by atoms with E-state index in [1.807, 2.05) is 31.3 Å². The Hall–Kier alpha value is -2.80. The highest BCUT2D eigenvalue weighted by Gasteiger charge is 2.31. The van der Waals surface area contributed by atoms with Crippen LogP contribution in [0.1, 0.15) is 54.0 Å². The Morgan fingerprint density at radius 1 is 1.23 bits per heavy atom. The van der Waals surface area contributed by atoms with Gasteiger partial charge in [-0.25, -0.2) is 0 Å². The number of Topliss-reactive ketones (excluding diaryl/α,β-unsaturated/α-hetero) is 1. The van der Waals surface area contributed by atoms with Crippen LogP contribution in [0.5, 0.6) is 0 Å². The number of aryl methyl sites for hydroxylation is 1. The molecule has 0 unspecified atom stereocenters. The molecule has 7 heteroatoms. The van der Waals surface area contributed by atoms with Gasteiger partial charge in [0, 0.05) is 52.2 Å². The van der Waals surface area contributed by atoms with Gasteiger partial charge in [-0.3, -0.25) is 9.36 Å². The number of fused-ring (bicyclic) bond motifs is 1. The number of carbonyl (C=O) groups excluding carboxylic acids is 1. The van der Waals surface area contributed by atoms with E-state index in [1.54, 1.807) is 0 Å². The number of benzene rings is 1. The van der Waals surface area contributed by atoms with Crippen molar-refractivity contribution < 1.29 is 4.79 Å². The maximum atomic E-state index is 13.0. The van der Waals surface area contributed by atoms with E-state index in [1.165, 1.54) is 11.8 Å². The summed E-state index contributed by atoms with van der Waals surface area (Å²) in [7, 11) is 0. The lowest BCUT2D eigenvalue weighted by Gasteiger charge is -2.09. The number of hydrogen-bond donors (Lipinski definition) is 1. The van der Waals surface area contributed by atoms with E-state index in [2.05, 4.69) is 50.3 Å². The molecular weight excluding hydrogens is 406 g/mol. The Labute approximate surface area is 186 Å². The van der Waals surface area contributed by atoms with Gasteiger partial charge in [0.25, 0.3) is 0 Å². The number of ketones is 1. The van der Waals surface area contributed by atoms with Gasteiger partial charge in [0.15, 0.2) is 16.8 Å². The van der Waals surface area contributed by atoms with Crippen LogP contribution in [0.3, 0.4) is 0 Å². The van der Waals surface area contributed by atoms with Gasteiger partial charge in [-0.15, -0.1) is 10.2 Å². The highest BCUT2D eigenvalue weighted by molar-refractivity contribution is 7.99. The second-order valence-electron chi connectivity index (χ2n) is 8.30. The molecule has 4 aromatic rings. The summed E-state index contributed by atoms with van der Waals surface area (Å²) in [5.41, 5.74) is 5.20. The molecule has 1 aliphatic rings. The molecule has 1 aromatic carbocycles. The lowest BCUT2D eigenvalue weighted by molar-refractivity contribution is 0.102. The molecule has 1 saturated carbocycles. The fraction of sp³-hybridized carbons (Fsp3) is 0.375. The average molecular weight is 434 g/mol. The van der Waals surface area contributed by atoms with Crippen molar-refractivity contribution in [3.05, 3.63) is 53.5 Å². The summed E-state index contributed by atoms with van der Waals surface area (Å²) in [6.07, 6.45) is 5.33. The highest BCUT2D eigenvalue weighted by atomic mass is 32.2. The van der Waals surface area contributed by atoms with Gasteiger partial charge in [-0.2, -0.15) is 0 Å². The maximum absolute atomic E-state index is 13.0. The Kier molecular flexibility index (Phi) is 5.22. The number of aromatic amines is 1. The molecule has 1 aliphatic carbocycles. The Morgan fingerprint density at radius 3 is 2.81 bits per heavy atom. The van der Waals surface area contributed by atoms with E-state index in [4.69, 9.17) is 0 Å². The number of nitrogens with one attached hydrogen (secondary N) is 1. The van der Waals surface area contributed by atoms with Crippen molar-refractivity contribution in [2.24, 2.45) is 0 Å². The van der Waals surface area contributed by atoms with Crippen LogP contribution >= 0.6 is 11.8 Å². The zero-order valence-corrected chi connectivity index (χ0v) is 19.0. The maximum Gasteiger partial charge on any atom is 0.192 e. The number of H-pyrrole nitrogens is 1. The molecule has 160 valence electrons. The second-order valence-corrected chi connectivity index (χ2v) is 9.25. The van der Waals surface area contributed by atoms with Crippen molar-refractivity contribution in [2.75, 3.05) is 5.75 Å². The number of nitrogens with zero attached hydrogens (tertiary/aromatic N) is 4. The Balaban J connectivity index is 1.41. The first-order chi connectivity index (χ1) is 15.1. The van der Waals surface area contributed by atoms with Crippen LogP contribution in [0.15, 0.2) is 41.7 Å². The largest absolute Gasteiger partial charge is 0.360 e. The minimum absolute atomic E-state index is 0.152. The first kappa shape index (κ1) is 20.1. The topological polar surface area (TPSA) is 68.5 Å². The van der Waals surface area contributed by atoms with Gasteiger partial charge in [0.2, 0.25) is 0 Å². The summed E-state index contributed by atoms with van der Waals surface area (Å²) < 4.78 is 4.47. The first-order valence-corrected chi connectivity index (χ1v) is 11.9. The molecule has 0 radical (unpaired) electrons. The van der Waals surface area contributed by atoms with E-state index >= 15 is 0 Å². The molecular formula is C24H27N5OS. The molecule has 31 heavy (non-hydrogen) atoms. The summed E-state index contributed by atoms with van der Waals surface area (Å²) in [6.45, 7) is 7.22. The van der Waals surface area contributed by atoms with Crippen LogP contribution < -0.4 is 0 Å². The third kappa shape index (κ3) is 3.61. The standard InChI is InChI=1S/C24H27N5OS/c1-4-11-28-15(2)12-19(16(28)3)22(30)14-31-24-27-26-23(29(24)17-9-10-17)20-13-25-21-8-6-5-7-18(20)21/h5-8,12-13,17,25H,4,9-11,14H2,1-3H3. The number of hydrogen-bond acceptors (Lipinski definition) is 4. The molecule has 1 N–H and O–H groups in total. The van der Waals surface area contributed by atoms with Crippen LogP contribution in [-0.2, 0) is 6.54 Å². The van der Waals surface area contributed by atoms with Crippen LogP contribution in [-0.4, -0.2) is 35.9 Å². The fourth-order valence-electron chi connectivity index (χ4n) is 4.34. The van der Waals surface area contributed by atoms with E-state index < -0.39 is 0 Å². The van der Waals surface area contributed by atoms with Gasteiger partial charge in [0.1, 0.15) is 0 Å². The van der Waals surface area contributed by atoms with E-state index in [0.29, 0.717) is 11.8 Å². The summed E-state index contributed by atoms with van der Waals surface area (Å²) in [4.78, 5) is 16.4. The van der Waals surface area contributed by atoms with Gasteiger partial charge in [-0.1, -0.05) is 36.9 Å². The van der Waals surface area contributed by atoms with Crippen molar-refractivity contribution in [1.29, 1.82) is 0 Å². The van der Waals surface area contributed by atoms with Crippen LogP contribution in [0.25, 0.3) is 22.3 Å². The third-order valence-corrected chi connectivity index (χ3v) is 7.00. The molecule has 0 atom stereocenters. The monoisotopic (exact) mass is 433 g/mol. The normalized spacial score (nSPS) is 13.9. The summed E-state index contributed by atoms with van der Waals surface area (Å²) in [5, 5.41) is 11.0. The van der Waals surface area contributed by atoms with Gasteiger partial charge >= 0.3 is 0 Å². The molecule has 0 aliphatic heterocycles. The number of aromatic nitrogens is 5. The summed E-state index contributed by atoms with van der Waals surface area (Å²) >= 11 is 1.50.